The minimum absolute atomic E-state index is 0.299. The number of carbonyl (C=O) groups excluding carboxylic acids is 1. The number of aromatic amines is 1. The molecule has 7 heteroatoms. The van der Waals surface area contributed by atoms with Gasteiger partial charge in [-0.3, -0.25) is 9.89 Å². The molecule has 0 saturated heterocycles. The highest BCUT2D eigenvalue weighted by atomic mass is 35.5. The third-order valence-corrected chi connectivity index (χ3v) is 1.84. The van der Waals surface area contributed by atoms with Crippen LogP contribution in [0.25, 0.3) is 0 Å². The van der Waals surface area contributed by atoms with Crippen molar-refractivity contribution in [2.24, 2.45) is 0 Å². The summed E-state index contributed by atoms with van der Waals surface area (Å²) in [5.74, 6) is -0.404. The molecular formula is C7H6ClF3N2O. The fourth-order valence-corrected chi connectivity index (χ4v) is 1.19. The summed E-state index contributed by atoms with van der Waals surface area (Å²) in [7, 11) is 0. The van der Waals surface area contributed by atoms with Crippen molar-refractivity contribution in [3.05, 3.63) is 16.4 Å². The molecule has 0 aliphatic heterocycles. The molecule has 1 aromatic rings. The highest BCUT2D eigenvalue weighted by Crippen LogP contribution is 2.33. The molecule has 0 bridgehead atoms. The molecule has 1 N–H and O–H groups in total. The minimum Gasteiger partial charge on any atom is -0.300 e. The quantitative estimate of drug-likeness (QED) is 0.840. The van der Waals surface area contributed by atoms with Gasteiger partial charge in [0.2, 0.25) is 0 Å². The Morgan fingerprint density at radius 3 is 2.57 bits per heavy atom. The van der Waals surface area contributed by atoms with Gasteiger partial charge >= 0.3 is 6.18 Å². The van der Waals surface area contributed by atoms with E-state index in [0.29, 0.717) is 0 Å². The lowest BCUT2D eigenvalue weighted by atomic mass is 10.1. The SMILES string of the molecule is CC(=O)Cc1c(Cl)n[nH]c1C(F)(F)F. The molecule has 0 radical (unpaired) electrons. The molecule has 0 aliphatic rings. The van der Waals surface area contributed by atoms with E-state index in [4.69, 9.17) is 11.6 Å². The molecule has 0 fully saturated rings. The molecular weight excluding hydrogens is 221 g/mol. The van der Waals surface area contributed by atoms with Crippen LogP contribution in [0, 0.1) is 0 Å². The van der Waals surface area contributed by atoms with Crippen molar-refractivity contribution in [1.29, 1.82) is 0 Å². The second-order valence-electron chi connectivity index (χ2n) is 2.74. The molecule has 14 heavy (non-hydrogen) atoms. The number of rotatable bonds is 2. The average molecular weight is 227 g/mol. The fraction of sp³-hybridized carbons (Fsp3) is 0.429. The molecule has 1 aromatic heterocycles. The number of nitrogens with zero attached hydrogens (tertiary/aromatic N) is 1. The van der Waals surface area contributed by atoms with E-state index >= 15 is 0 Å². The van der Waals surface area contributed by atoms with Crippen molar-refractivity contribution in [2.75, 3.05) is 0 Å². The summed E-state index contributed by atoms with van der Waals surface area (Å²) in [5.41, 5.74) is -1.36. The second-order valence-corrected chi connectivity index (χ2v) is 3.10. The Balaban J connectivity index is 3.13. The Hall–Kier alpha value is -1.04. The van der Waals surface area contributed by atoms with E-state index in [1.165, 1.54) is 6.92 Å². The molecule has 0 spiro atoms. The lowest BCUT2D eigenvalue weighted by Gasteiger charge is -2.05. The van der Waals surface area contributed by atoms with Crippen molar-refractivity contribution in [3.63, 3.8) is 0 Å². The number of hydrogen-bond donors (Lipinski definition) is 1. The number of nitrogens with one attached hydrogen (secondary N) is 1. The van der Waals surface area contributed by atoms with Gasteiger partial charge in [0.15, 0.2) is 5.15 Å². The van der Waals surface area contributed by atoms with Gasteiger partial charge in [0.25, 0.3) is 0 Å². The highest BCUT2D eigenvalue weighted by molar-refractivity contribution is 6.30. The van der Waals surface area contributed by atoms with Crippen LogP contribution < -0.4 is 0 Å². The first-order valence-electron chi connectivity index (χ1n) is 3.61. The maximum atomic E-state index is 12.3. The molecule has 78 valence electrons. The number of halogens is 4. The number of ketones is 1. The van der Waals surface area contributed by atoms with Crippen molar-refractivity contribution >= 4 is 17.4 Å². The molecule has 0 aliphatic carbocycles. The molecule has 0 aromatic carbocycles. The molecule has 0 saturated carbocycles. The van der Waals surface area contributed by atoms with Crippen LogP contribution in [0.1, 0.15) is 18.2 Å². The monoisotopic (exact) mass is 226 g/mol. The summed E-state index contributed by atoms with van der Waals surface area (Å²) in [4.78, 5) is 10.7. The Morgan fingerprint density at radius 2 is 2.14 bits per heavy atom. The highest BCUT2D eigenvalue weighted by Gasteiger charge is 2.37. The van der Waals surface area contributed by atoms with Crippen LogP contribution in [-0.4, -0.2) is 16.0 Å². The molecule has 1 rings (SSSR count). The predicted molar refractivity (Wildman–Crippen MR) is 43.0 cm³/mol. The first-order valence-corrected chi connectivity index (χ1v) is 3.99. The lowest BCUT2D eigenvalue weighted by molar-refractivity contribution is -0.141. The Morgan fingerprint density at radius 1 is 1.57 bits per heavy atom. The lowest BCUT2D eigenvalue weighted by Crippen LogP contribution is -2.10. The second kappa shape index (κ2) is 3.61. The fourth-order valence-electron chi connectivity index (χ4n) is 0.988. The van der Waals surface area contributed by atoms with Gasteiger partial charge in [-0.25, -0.2) is 0 Å². The van der Waals surface area contributed by atoms with E-state index in [0.717, 1.165) is 0 Å². The van der Waals surface area contributed by atoms with Crippen molar-refractivity contribution < 1.29 is 18.0 Å². The molecule has 3 nitrogen and oxygen atoms in total. The third-order valence-electron chi connectivity index (χ3n) is 1.53. The summed E-state index contributed by atoms with van der Waals surface area (Å²) in [6, 6.07) is 0. The first-order chi connectivity index (χ1) is 6.32. The van der Waals surface area contributed by atoms with Gasteiger partial charge in [0.05, 0.1) is 0 Å². The summed E-state index contributed by atoms with van der Waals surface area (Å²) in [5, 5.41) is 4.65. The van der Waals surface area contributed by atoms with E-state index in [1.54, 1.807) is 5.10 Å². The van der Waals surface area contributed by atoms with Crippen molar-refractivity contribution in [2.45, 2.75) is 19.5 Å². The summed E-state index contributed by atoms with van der Waals surface area (Å²) >= 11 is 5.40. The standard InChI is InChI=1S/C7H6ClF3N2O/c1-3(14)2-4-5(7(9,10)11)12-13-6(4)8/h2H2,1H3,(H,12,13). The van der Waals surface area contributed by atoms with E-state index in [2.05, 4.69) is 5.10 Å². The molecule has 0 unspecified atom stereocenters. The number of hydrogen-bond acceptors (Lipinski definition) is 2. The topological polar surface area (TPSA) is 45.8 Å². The van der Waals surface area contributed by atoms with E-state index in [-0.39, 0.29) is 17.1 Å². The first kappa shape index (κ1) is 11.0. The van der Waals surface area contributed by atoms with Gasteiger partial charge < -0.3 is 0 Å². The maximum Gasteiger partial charge on any atom is 0.433 e. The van der Waals surface area contributed by atoms with Crippen LogP contribution in [0.2, 0.25) is 5.15 Å². The summed E-state index contributed by atoms with van der Waals surface area (Å²) in [6.45, 7) is 1.18. The molecule has 1 heterocycles. The third kappa shape index (κ3) is 2.25. The summed E-state index contributed by atoms with van der Waals surface area (Å²) in [6.07, 6.45) is -4.94. The van der Waals surface area contributed by atoms with Gasteiger partial charge in [-0.2, -0.15) is 18.3 Å². The van der Waals surface area contributed by atoms with Gasteiger partial charge in [0, 0.05) is 12.0 Å². The Bertz CT molecular complexity index is 358. The minimum atomic E-state index is -4.56. The predicted octanol–water partition coefficient (Wildman–Crippen LogP) is 2.21. The zero-order chi connectivity index (χ0) is 10.9. The summed E-state index contributed by atoms with van der Waals surface area (Å²) < 4.78 is 36.8. The number of aromatic nitrogens is 2. The maximum absolute atomic E-state index is 12.3. The van der Waals surface area contributed by atoms with E-state index in [9.17, 15) is 18.0 Å². The average Bonchev–Trinajstić information content (AvgIpc) is 2.30. The number of carbonyl (C=O) groups is 1. The van der Waals surface area contributed by atoms with Crippen LogP contribution >= 0.6 is 11.6 Å². The number of alkyl halides is 3. The van der Waals surface area contributed by atoms with E-state index < -0.39 is 17.7 Å². The zero-order valence-corrected chi connectivity index (χ0v) is 7.83. The van der Waals surface area contributed by atoms with Gasteiger partial charge in [0.1, 0.15) is 11.5 Å². The van der Waals surface area contributed by atoms with Crippen molar-refractivity contribution in [1.82, 2.24) is 10.2 Å². The van der Waals surface area contributed by atoms with Crippen LogP contribution in [0.5, 0.6) is 0 Å². The molecule has 0 amide bonds. The van der Waals surface area contributed by atoms with Crippen LogP contribution in [-0.2, 0) is 17.4 Å². The van der Waals surface area contributed by atoms with Gasteiger partial charge in [-0.15, -0.1) is 0 Å². The van der Waals surface area contributed by atoms with E-state index in [1.807, 2.05) is 0 Å². The zero-order valence-electron chi connectivity index (χ0n) is 7.07. The normalized spacial score (nSPS) is 11.8. The van der Waals surface area contributed by atoms with Gasteiger partial charge in [-0.1, -0.05) is 11.6 Å². The van der Waals surface area contributed by atoms with Crippen LogP contribution in [0.15, 0.2) is 0 Å². The van der Waals surface area contributed by atoms with Crippen LogP contribution in [0.3, 0.4) is 0 Å². The van der Waals surface area contributed by atoms with Crippen LogP contribution in [0.4, 0.5) is 13.2 Å². The largest absolute Gasteiger partial charge is 0.433 e. The Labute approximate surface area is 82.2 Å². The number of H-pyrrole nitrogens is 1. The molecule has 0 atom stereocenters. The van der Waals surface area contributed by atoms with Crippen molar-refractivity contribution in [3.8, 4) is 0 Å². The number of Topliss-reactive ketones (excluding diaryl/α,β-unsaturated/α-hetero) is 1. The van der Waals surface area contributed by atoms with Gasteiger partial charge in [-0.05, 0) is 6.92 Å². The Kier molecular flexibility index (Phi) is 2.84. The smallest absolute Gasteiger partial charge is 0.300 e.